The van der Waals surface area contributed by atoms with E-state index in [4.69, 9.17) is 9.47 Å². The molecule has 2 aromatic heterocycles. The number of phenols is 1. The van der Waals surface area contributed by atoms with E-state index in [1.165, 1.54) is 7.11 Å². The number of amides is 1. The number of aromatic hydroxyl groups is 1. The summed E-state index contributed by atoms with van der Waals surface area (Å²) in [6.07, 6.45) is 0. The monoisotopic (exact) mass is 475 g/mol. The third kappa shape index (κ3) is 3.50. The molecule has 1 amide bonds. The third-order valence-electron chi connectivity index (χ3n) is 5.70. The molecule has 0 aliphatic carbocycles. The Morgan fingerprint density at radius 2 is 2.00 bits per heavy atom. The molecule has 1 aliphatic rings. The summed E-state index contributed by atoms with van der Waals surface area (Å²) < 4.78 is 10.4. The average Bonchev–Trinajstić information content (AvgIpc) is 3.58. The largest absolute Gasteiger partial charge is 0.504 e. The molecule has 0 bridgehead atoms. The van der Waals surface area contributed by atoms with Crippen LogP contribution in [0.1, 0.15) is 44.9 Å². The first-order valence-corrected chi connectivity index (χ1v) is 11.5. The number of hydrogen-bond donors (Lipinski definition) is 2. The molecule has 0 saturated heterocycles. The van der Waals surface area contributed by atoms with Gasteiger partial charge in [0.25, 0.3) is 5.91 Å². The zero-order valence-electron chi connectivity index (χ0n) is 18.4. The number of esters is 1. The minimum Gasteiger partial charge on any atom is -0.504 e. The summed E-state index contributed by atoms with van der Waals surface area (Å²) in [6.45, 7) is 2.03. The van der Waals surface area contributed by atoms with Crippen LogP contribution in [0.3, 0.4) is 0 Å². The summed E-state index contributed by atoms with van der Waals surface area (Å²) in [5.41, 5.74) is 3.59. The maximum absolute atomic E-state index is 13.6. The molecule has 2 N–H and O–H groups in total. The van der Waals surface area contributed by atoms with Crippen molar-refractivity contribution in [2.75, 3.05) is 18.6 Å². The summed E-state index contributed by atoms with van der Waals surface area (Å²) >= 11 is 1.54. The lowest BCUT2D eigenvalue weighted by Gasteiger charge is -2.27. The number of aromatic nitrogens is 2. The number of fused-ring (bicyclic) bond motifs is 1. The van der Waals surface area contributed by atoms with Crippen LogP contribution >= 0.6 is 11.3 Å². The highest BCUT2D eigenvalue weighted by Crippen LogP contribution is 2.46. The Hall–Kier alpha value is -4.11. The van der Waals surface area contributed by atoms with Gasteiger partial charge in [0.15, 0.2) is 17.2 Å². The number of thiophene rings is 1. The van der Waals surface area contributed by atoms with Gasteiger partial charge in [-0.15, -0.1) is 11.3 Å². The van der Waals surface area contributed by atoms with Gasteiger partial charge in [-0.3, -0.25) is 14.8 Å². The van der Waals surface area contributed by atoms with Gasteiger partial charge in [-0.2, -0.15) is 5.10 Å². The number of carbonyl (C=O) groups is 2. The van der Waals surface area contributed by atoms with E-state index in [0.29, 0.717) is 22.7 Å². The number of H-pyrrole nitrogens is 1. The lowest BCUT2D eigenvalue weighted by Crippen LogP contribution is -2.29. The molecule has 0 saturated carbocycles. The quantitative estimate of drug-likeness (QED) is 0.389. The summed E-state index contributed by atoms with van der Waals surface area (Å²) in [4.78, 5) is 28.3. The van der Waals surface area contributed by atoms with Crippen molar-refractivity contribution < 1.29 is 24.2 Å². The van der Waals surface area contributed by atoms with Crippen molar-refractivity contribution in [2.24, 2.45) is 0 Å². The van der Waals surface area contributed by atoms with Crippen LogP contribution in [-0.2, 0) is 4.74 Å². The number of hydrogen-bond acceptors (Lipinski definition) is 7. The van der Waals surface area contributed by atoms with Crippen molar-refractivity contribution in [1.82, 2.24) is 10.2 Å². The Balaban J connectivity index is 1.65. The molecule has 4 aromatic rings. The van der Waals surface area contributed by atoms with E-state index in [1.807, 2.05) is 17.5 Å². The van der Waals surface area contributed by atoms with Crippen molar-refractivity contribution in [3.8, 4) is 22.1 Å². The molecule has 9 heteroatoms. The van der Waals surface area contributed by atoms with Gasteiger partial charge < -0.3 is 14.6 Å². The van der Waals surface area contributed by atoms with Gasteiger partial charge >= 0.3 is 5.97 Å². The number of aromatic amines is 1. The number of phenolic OH excluding ortho intramolecular Hbond substituents is 1. The smallest absolute Gasteiger partial charge is 0.338 e. The van der Waals surface area contributed by atoms with Crippen LogP contribution < -0.4 is 9.64 Å². The highest BCUT2D eigenvalue weighted by atomic mass is 32.1. The summed E-state index contributed by atoms with van der Waals surface area (Å²) in [5, 5.41) is 19.5. The van der Waals surface area contributed by atoms with Gasteiger partial charge in [-0.1, -0.05) is 12.1 Å². The van der Waals surface area contributed by atoms with Crippen molar-refractivity contribution in [3.05, 3.63) is 82.4 Å². The minimum absolute atomic E-state index is 0.00631. The second-order valence-electron chi connectivity index (χ2n) is 7.61. The van der Waals surface area contributed by atoms with Gasteiger partial charge in [-0.25, -0.2) is 4.79 Å². The molecular formula is C25H21N3O5S. The third-order valence-corrected chi connectivity index (χ3v) is 6.59. The molecule has 0 spiro atoms. The van der Waals surface area contributed by atoms with E-state index >= 15 is 0 Å². The van der Waals surface area contributed by atoms with Crippen molar-refractivity contribution in [3.63, 3.8) is 0 Å². The molecular weight excluding hydrogens is 454 g/mol. The van der Waals surface area contributed by atoms with E-state index in [-0.39, 0.29) is 18.3 Å². The molecule has 1 atom stereocenters. The highest BCUT2D eigenvalue weighted by molar-refractivity contribution is 7.13. The second-order valence-corrected chi connectivity index (χ2v) is 8.56. The fourth-order valence-corrected chi connectivity index (χ4v) is 4.90. The zero-order valence-corrected chi connectivity index (χ0v) is 19.3. The van der Waals surface area contributed by atoms with Gasteiger partial charge in [0, 0.05) is 11.3 Å². The van der Waals surface area contributed by atoms with Gasteiger partial charge in [0.05, 0.1) is 35.9 Å². The van der Waals surface area contributed by atoms with Gasteiger partial charge in [0.1, 0.15) is 0 Å². The molecule has 172 valence electrons. The fraction of sp³-hybridized carbons (Fsp3) is 0.160. The number of ether oxygens (including phenoxy) is 2. The van der Waals surface area contributed by atoms with Crippen LogP contribution in [0.2, 0.25) is 0 Å². The number of methoxy groups -OCH3 is 1. The number of anilines is 1. The average molecular weight is 476 g/mol. The molecule has 5 rings (SSSR count). The molecule has 0 radical (unpaired) electrons. The lowest BCUT2D eigenvalue weighted by atomic mass is 9.97. The minimum atomic E-state index is -0.527. The summed E-state index contributed by atoms with van der Waals surface area (Å²) in [5.74, 6) is -0.381. The standard InChI is InChI=1S/C25H21N3O5S/c1-3-33-25(31)14-6-9-16(10-7-14)28-23(15-8-11-17(29)18(13-15)32-2)20-21(19-5-4-12-34-19)26-27-22(20)24(28)30/h4-13,23,29H,3H2,1-2H3,(H,26,27)/t23-/m1/s1. The molecule has 34 heavy (non-hydrogen) atoms. The number of nitrogens with one attached hydrogen (secondary N) is 1. The summed E-state index contributed by atoms with van der Waals surface area (Å²) in [7, 11) is 1.48. The Morgan fingerprint density at radius 1 is 1.21 bits per heavy atom. The first-order valence-electron chi connectivity index (χ1n) is 10.6. The SMILES string of the molecule is CCOC(=O)c1ccc(N2C(=O)c3n[nH]c(-c4cccs4)c3[C@H]2c2ccc(O)c(OC)c2)cc1. The van der Waals surface area contributed by atoms with Gasteiger partial charge in [0.2, 0.25) is 0 Å². The predicted molar refractivity (Wildman–Crippen MR) is 128 cm³/mol. The van der Waals surface area contributed by atoms with E-state index in [2.05, 4.69) is 10.2 Å². The van der Waals surface area contributed by atoms with Crippen molar-refractivity contribution in [2.45, 2.75) is 13.0 Å². The molecule has 0 unspecified atom stereocenters. The first kappa shape index (κ1) is 21.7. The number of nitrogens with zero attached hydrogens (tertiary/aromatic N) is 2. The molecule has 1 aliphatic heterocycles. The summed E-state index contributed by atoms with van der Waals surface area (Å²) in [6, 6.07) is 15.1. The maximum atomic E-state index is 13.6. The van der Waals surface area contributed by atoms with Crippen molar-refractivity contribution >= 4 is 28.9 Å². The molecule has 0 fully saturated rings. The predicted octanol–water partition coefficient (Wildman–Crippen LogP) is 4.78. The van der Waals surface area contributed by atoms with E-state index < -0.39 is 12.0 Å². The van der Waals surface area contributed by atoms with Crippen LogP contribution in [0.25, 0.3) is 10.6 Å². The number of carbonyl (C=O) groups excluding carboxylic acids is 2. The van der Waals surface area contributed by atoms with Crippen LogP contribution in [-0.4, -0.2) is 40.9 Å². The highest BCUT2D eigenvalue weighted by Gasteiger charge is 2.43. The van der Waals surface area contributed by atoms with Crippen LogP contribution in [0.15, 0.2) is 60.0 Å². The van der Waals surface area contributed by atoms with E-state index in [9.17, 15) is 14.7 Å². The lowest BCUT2D eigenvalue weighted by molar-refractivity contribution is 0.0526. The Kier molecular flexibility index (Phi) is 5.54. The maximum Gasteiger partial charge on any atom is 0.338 e. The Bertz CT molecular complexity index is 1360. The van der Waals surface area contributed by atoms with Crippen LogP contribution in [0, 0.1) is 0 Å². The van der Waals surface area contributed by atoms with Crippen LogP contribution in [0.4, 0.5) is 5.69 Å². The number of rotatable bonds is 6. The molecule has 8 nitrogen and oxygen atoms in total. The number of benzene rings is 2. The van der Waals surface area contributed by atoms with E-state index in [1.54, 1.807) is 65.6 Å². The Labute approximate surface area is 199 Å². The van der Waals surface area contributed by atoms with Gasteiger partial charge in [-0.05, 0) is 60.3 Å². The Morgan fingerprint density at radius 3 is 2.68 bits per heavy atom. The van der Waals surface area contributed by atoms with E-state index in [0.717, 1.165) is 21.7 Å². The topological polar surface area (TPSA) is 105 Å². The molecule has 2 aromatic carbocycles. The normalized spacial score (nSPS) is 14.8. The zero-order chi connectivity index (χ0) is 23.8. The molecule has 3 heterocycles. The fourth-order valence-electron chi connectivity index (χ4n) is 4.17. The van der Waals surface area contributed by atoms with Crippen LogP contribution in [0.5, 0.6) is 11.5 Å². The first-order chi connectivity index (χ1) is 16.5. The second kappa shape index (κ2) is 8.68. The van der Waals surface area contributed by atoms with Crippen molar-refractivity contribution in [1.29, 1.82) is 0 Å².